The molecule has 0 aliphatic rings. The summed E-state index contributed by atoms with van der Waals surface area (Å²) < 4.78 is 46.3. The fourth-order valence-electron chi connectivity index (χ4n) is 1.38. The van der Waals surface area contributed by atoms with Crippen molar-refractivity contribution in [3.8, 4) is 5.75 Å². The highest BCUT2D eigenvalue weighted by Gasteiger charge is 2.32. The molecule has 0 aliphatic carbocycles. The maximum absolute atomic E-state index is 12.1. The van der Waals surface area contributed by atoms with Crippen molar-refractivity contribution in [2.75, 3.05) is 6.61 Å². The quantitative estimate of drug-likeness (QED) is 0.740. The van der Waals surface area contributed by atoms with Crippen molar-refractivity contribution in [1.82, 2.24) is 0 Å². The average Bonchev–Trinajstić information content (AvgIpc) is 2.26. The van der Waals surface area contributed by atoms with E-state index in [1.54, 1.807) is 24.3 Å². The first-order chi connectivity index (χ1) is 8.59. The van der Waals surface area contributed by atoms with Crippen LogP contribution in [-0.4, -0.2) is 18.6 Å². The summed E-state index contributed by atoms with van der Waals surface area (Å²) in [5, 5.41) is 0. The summed E-state index contributed by atoms with van der Waals surface area (Å²) >= 11 is 0. The van der Waals surface area contributed by atoms with E-state index in [0.717, 1.165) is 11.1 Å². The Morgan fingerprint density at radius 3 is 2.11 bits per heavy atom. The molecule has 19 heavy (non-hydrogen) atoms. The molecule has 106 valence electrons. The molecule has 0 fully saturated rings. The Balaban J connectivity index is 2.64. The van der Waals surface area contributed by atoms with Crippen LogP contribution in [-0.2, 0) is 4.74 Å². The number of hydrogen-bond donors (Lipinski definition) is 0. The zero-order chi connectivity index (χ0) is 14.7. The van der Waals surface area contributed by atoms with E-state index >= 15 is 0 Å². The predicted octanol–water partition coefficient (Wildman–Crippen LogP) is 4.41. The van der Waals surface area contributed by atoms with E-state index in [4.69, 9.17) is 9.47 Å². The van der Waals surface area contributed by atoms with Gasteiger partial charge < -0.3 is 9.47 Å². The molecule has 0 N–H and O–H groups in total. The number of halogens is 3. The number of allylic oxidation sites excluding steroid dienone is 1. The molecule has 1 aromatic carbocycles. The zero-order valence-electron chi connectivity index (χ0n) is 11.2. The van der Waals surface area contributed by atoms with Crippen LogP contribution in [0.25, 0.3) is 5.57 Å². The molecule has 0 amide bonds. The standard InChI is InChI=1S/C14H17F3O2/c1-10(2)11-5-7-12(8-6-11)19-13(3,4)18-9-14(15,16)17/h5-8H,1,9H2,2-4H3. The van der Waals surface area contributed by atoms with Gasteiger partial charge in [-0.05, 0) is 24.6 Å². The predicted molar refractivity (Wildman–Crippen MR) is 67.9 cm³/mol. The fraction of sp³-hybridized carbons (Fsp3) is 0.429. The SMILES string of the molecule is C=C(C)c1ccc(OC(C)(C)OCC(F)(F)F)cc1. The second-order valence-corrected chi connectivity index (χ2v) is 4.71. The van der Waals surface area contributed by atoms with Gasteiger partial charge in [0.15, 0.2) is 0 Å². The maximum Gasteiger partial charge on any atom is 0.411 e. The summed E-state index contributed by atoms with van der Waals surface area (Å²) in [4.78, 5) is 0. The summed E-state index contributed by atoms with van der Waals surface area (Å²) in [6.07, 6.45) is -4.37. The lowest BCUT2D eigenvalue weighted by atomic mass is 10.1. The van der Waals surface area contributed by atoms with Crippen LogP contribution in [0.3, 0.4) is 0 Å². The van der Waals surface area contributed by atoms with E-state index in [1.807, 2.05) is 6.92 Å². The Morgan fingerprint density at radius 1 is 1.16 bits per heavy atom. The van der Waals surface area contributed by atoms with Crippen LogP contribution in [0.1, 0.15) is 26.3 Å². The lowest BCUT2D eigenvalue weighted by molar-refractivity contribution is -0.241. The second-order valence-electron chi connectivity index (χ2n) is 4.71. The van der Waals surface area contributed by atoms with Gasteiger partial charge in [0.2, 0.25) is 5.79 Å². The summed E-state index contributed by atoms with van der Waals surface area (Å²) in [5.74, 6) is -0.905. The number of benzene rings is 1. The van der Waals surface area contributed by atoms with E-state index in [1.165, 1.54) is 13.8 Å². The van der Waals surface area contributed by atoms with Gasteiger partial charge in [0, 0.05) is 13.8 Å². The summed E-state index contributed by atoms with van der Waals surface area (Å²) in [6, 6.07) is 6.92. The molecule has 0 saturated carbocycles. The van der Waals surface area contributed by atoms with Gasteiger partial charge in [0.05, 0.1) is 0 Å². The number of rotatable bonds is 5. The van der Waals surface area contributed by atoms with Crippen molar-refractivity contribution < 1.29 is 22.6 Å². The van der Waals surface area contributed by atoms with Crippen LogP contribution in [0, 0.1) is 0 Å². The molecule has 0 bridgehead atoms. The molecule has 0 aromatic heterocycles. The Morgan fingerprint density at radius 2 is 1.68 bits per heavy atom. The lowest BCUT2D eigenvalue weighted by Crippen LogP contribution is -2.35. The van der Waals surface area contributed by atoms with Gasteiger partial charge in [0.1, 0.15) is 12.4 Å². The summed E-state index contributed by atoms with van der Waals surface area (Å²) in [6.45, 7) is 7.19. The minimum absolute atomic E-state index is 0.442. The largest absolute Gasteiger partial charge is 0.463 e. The van der Waals surface area contributed by atoms with Crippen molar-refractivity contribution in [1.29, 1.82) is 0 Å². The third kappa shape index (κ3) is 5.79. The highest BCUT2D eigenvalue weighted by molar-refractivity contribution is 5.61. The monoisotopic (exact) mass is 274 g/mol. The average molecular weight is 274 g/mol. The lowest BCUT2D eigenvalue weighted by Gasteiger charge is -2.27. The molecule has 0 unspecified atom stereocenters. The Labute approximate surface area is 110 Å². The van der Waals surface area contributed by atoms with Gasteiger partial charge in [-0.2, -0.15) is 13.2 Å². The van der Waals surface area contributed by atoms with Crippen molar-refractivity contribution in [2.45, 2.75) is 32.7 Å². The molecule has 0 saturated heterocycles. The van der Waals surface area contributed by atoms with Crippen LogP contribution in [0.15, 0.2) is 30.8 Å². The molecule has 0 atom stereocenters. The first-order valence-corrected chi connectivity index (χ1v) is 5.75. The molecule has 5 heteroatoms. The number of ether oxygens (including phenoxy) is 2. The van der Waals surface area contributed by atoms with Crippen molar-refractivity contribution in [3.63, 3.8) is 0 Å². The molecule has 1 aromatic rings. The van der Waals surface area contributed by atoms with Crippen LogP contribution in [0.4, 0.5) is 13.2 Å². The topological polar surface area (TPSA) is 18.5 Å². The van der Waals surface area contributed by atoms with Gasteiger partial charge in [-0.1, -0.05) is 24.3 Å². The highest BCUT2D eigenvalue weighted by Crippen LogP contribution is 2.24. The fourth-order valence-corrected chi connectivity index (χ4v) is 1.38. The van der Waals surface area contributed by atoms with Gasteiger partial charge in [-0.15, -0.1) is 0 Å². The minimum atomic E-state index is -4.37. The normalized spacial score (nSPS) is 12.3. The summed E-state index contributed by atoms with van der Waals surface area (Å²) in [7, 11) is 0. The van der Waals surface area contributed by atoms with Crippen LogP contribution in [0.5, 0.6) is 5.75 Å². The van der Waals surface area contributed by atoms with E-state index in [9.17, 15) is 13.2 Å². The molecule has 0 spiro atoms. The van der Waals surface area contributed by atoms with Crippen LogP contribution in [0.2, 0.25) is 0 Å². The molecule has 1 rings (SSSR count). The maximum atomic E-state index is 12.1. The minimum Gasteiger partial charge on any atom is -0.463 e. The molecule has 0 heterocycles. The van der Waals surface area contributed by atoms with E-state index in [0.29, 0.717) is 5.75 Å². The van der Waals surface area contributed by atoms with Crippen LogP contribution < -0.4 is 4.74 Å². The third-order valence-electron chi connectivity index (χ3n) is 2.29. The van der Waals surface area contributed by atoms with E-state index in [2.05, 4.69) is 6.58 Å². The zero-order valence-corrected chi connectivity index (χ0v) is 11.2. The first kappa shape index (κ1) is 15.6. The third-order valence-corrected chi connectivity index (χ3v) is 2.29. The first-order valence-electron chi connectivity index (χ1n) is 5.75. The van der Waals surface area contributed by atoms with Crippen molar-refractivity contribution in [3.05, 3.63) is 36.4 Å². The van der Waals surface area contributed by atoms with Gasteiger partial charge >= 0.3 is 6.18 Å². The smallest absolute Gasteiger partial charge is 0.411 e. The van der Waals surface area contributed by atoms with Crippen LogP contribution >= 0.6 is 0 Å². The van der Waals surface area contributed by atoms with E-state index < -0.39 is 18.6 Å². The molecular formula is C14H17F3O2. The number of hydrogen-bond acceptors (Lipinski definition) is 2. The van der Waals surface area contributed by atoms with Gasteiger partial charge in [-0.25, -0.2) is 0 Å². The molecule has 2 nitrogen and oxygen atoms in total. The Bertz CT molecular complexity index is 433. The Hall–Kier alpha value is -1.49. The van der Waals surface area contributed by atoms with E-state index in [-0.39, 0.29) is 0 Å². The molecule has 0 radical (unpaired) electrons. The molecule has 0 aliphatic heterocycles. The Kier molecular flexibility index (Phi) is 4.63. The summed E-state index contributed by atoms with van der Waals surface area (Å²) in [5.41, 5.74) is 1.85. The number of alkyl halides is 3. The van der Waals surface area contributed by atoms with Gasteiger partial charge in [0.25, 0.3) is 0 Å². The van der Waals surface area contributed by atoms with Gasteiger partial charge in [-0.3, -0.25) is 0 Å². The van der Waals surface area contributed by atoms with Crippen molar-refractivity contribution in [2.24, 2.45) is 0 Å². The van der Waals surface area contributed by atoms with Crippen molar-refractivity contribution >= 4 is 5.57 Å². The molecular weight excluding hydrogens is 257 g/mol. The highest BCUT2D eigenvalue weighted by atomic mass is 19.4. The second kappa shape index (κ2) is 5.65.